The molecule has 1 aromatic rings. The van der Waals surface area contributed by atoms with Crippen molar-refractivity contribution in [2.75, 3.05) is 32.7 Å². The first-order valence-electron chi connectivity index (χ1n) is 6.15. The lowest BCUT2D eigenvalue weighted by Gasteiger charge is -2.34. The first-order valence-corrected chi connectivity index (χ1v) is 6.15. The molecule has 1 aliphatic heterocycles. The zero-order chi connectivity index (χ0) is 13.8. The SMILES string of the molecule is NC(=O)CN1CCN(C(=O)c2ccc(O)cc2)CC1. The Bertz CT molecular complexity index is 465. The highest BCUT2D eigenvalue weighted by Gasteiger charge is 2.22. The van der Waals surface area contributed by atoms with Crippen LogP contribution in [-0.4, -0.2) is 59.4 Å². The number of hydrogen-bond acceptors (Lipinski definition) is 4. The second kappa shape index (κ2) is 5.71. The molecule has 2 rings (SSSR count). The first-order chi connectivity index (χ1) is 9.06. The van der Waals surface area contributed by atoms with E-state index in [1.807, 2.05) is 4.90 Å². The molecule has 0 aromatic heterocycles. The molecule has 0 spiro atoms. The summed E-state index contributed by atoms with van der Waals surface area (Å²) in [4.78, 5) is 26.7. The second-order valence-corrected chi connectivity index (χ2v) is 4.58. The predicted octanol–water partition coefficient (Wildman–Crippen LogP) is -0.365. The molecule has 1 aliphatic rings. The van der Waals surface area contributed by atoms with Crippen LogP contribution < -0.4 is 5.73 Å². The van der Waals surface area contributed by atoms with Crippen molar-refractivity contribution >= 4 is 11.8 Å². The Morgan fingerprint density at radius 3 is 2.21 bits per heavy atom. The van der Waals surface area contributed by atoms with Gasteiger partial charge in [0.15, 0.2) is 0 Å². The standard InChI is InChI=1S/C13H17N3O3/c14-12(18)9-15-5-7-16(8-6-15)13(19)10-1-3-11(17)4-2-10/h1-4,17H,5-9H2,(H2,14,18). The number of phenols is 1. The number of hydrogen-bond donors (Lipinski definition) is 2. The Kier molecular flexibility index (Phi) is 4.01. The average molecular weight is 263 g/mol. The van der Waals surface area contributed by atoms with Crippen molar-refractivity contribution in [3.05, 3.63) is 29.8 Å². The van der Waals surface area contributed by atoms with Crippen molar-refractivity contribution in [2.45, 2.75) is 0 Å². The van der Waals surface area contributed by atoms with Gasteiger partial charge in [0.1, 0.15) is 5.75 Å². The maximum Gasteiger partial charge on any atom is 0.253 e. The van der Waals surface area contributed by atoms with Gasteiger partial charge in [-0.2, -0.15) is 0 Å². The van der Waals surface area contributed by atoms with Gasteiger partial charge in [0.25, 0.3) is 5.91 Å². The molecule has 1 fully saturated rings. The smallest absolute Gasteiger partial charge is 0.253 e. The van der Waals surface area contributed by atoms with Gasteiger partial charge < -0.3 is 15.7 Å². The number of nitrogens with two attached hydrogens (primary N) is 1. The van der Waals surface area contributed by atoms with Crippen molar-refractivity contribution in [2.24, 2.45) is 5.73 Å². The van der Waals surface area contributed by atoms with Crippen molar-refractivity contribution in [1.29, 1.82) is 0 Å². The minimum Gasteiger partial charge on any atom is -0.508 e. The summed E-state index contributed by atoms with van der Waals surface area (Å²) in [5, 5.41) is 9.19. The molecule has 1 saturated heterocycles. The third kappa shape index (κ3) is 3.45. The molecule has 0 radical (unpaired) electrons. The molecule has 0 bridgehead atoms. The zero-order valence-electron chi connectivity index (χ0n) is 10.6. The topological polar surface area (TPSA) is 86.9 Å². The number of primary amides is 1. The van der Waals surface area contributed by atoms with Crippen LogP contribution in [0.15, 0.2) is 24.3 Å². The number of rotatable bonds is 3. The first kappa shape index (κ1) is 13.4. The lowest BCUT2D eigenvalue weighted by molar-refractivity contribution is -0.119. The van der Waals surface area contributed by atoms with E-state index in [2.05, 4.69) is 0 Å². The summed E-state index contributed by atoms with van der Waals surface area (Å²) in [6.45, 7) is 2.68. The number of carbonyl (C=O) groups excluding carboxylic acids is 2. The van der Waals surface area contributed by atoms with E-state index in [0.29, 0.717) is 31.7 Å². The van der Waals surface area contributed by atoms with Crippen molar-refractivity contribution in [3.8, 4) is 5.75 Å². The Hall–Kier alpha value is -2.08. The second-order valence-electron chi connectivity index (χ2n) is 4.58. The summed E-state index contributed by atoms with van der Waals surface area (Å²) < 4.78 is 0. The normalized spacial score (nSPS) is 16.3. The quantitative estimate of drug-likeness (QED) is 0.779. The van der Waals surface area contributed by atoms with Gasteiger partial charge in [0, 0.05) is 31.7 Å². The van der Waals surface area contributed by atoms with Gasteiger partial charge in [-0.05, 0) is 24.3 Å². The van der Waals surface area contributed by atoms with Gasteiger partial charge in [-0.25, -0.2) is 0 Å². The van der Waals surface area contributed by atoms with Gasteiger partial charge in [-0.3, -0.25) is 14.5 Å². The Morgan fingerprint density at radius 2 is 1.68 bits per heavy atom. The lowest BCUT2D eigenvalue weighted by Crippen LogP contribution is -2.50. The van der Waals surface area contributed by atoms with Crippen LogP contribution in [0.2, 0.25) is 0 Å². The highest BCUT2D eigenvalue weighted by atomic mass is 16.3. The minimum absolute atomic E-state index is 0.0567. The lowest BCUT2D eigenvalue weighted by atomic mass is 10.1. The molecule has 19 heavy (non-hydrogen) atoms. The summed E-state index contributed by atoms with van der Waals surface area (Å²) in [6, 6.07) is 6.20. The number of aromatic hydroxyl groups is 1. The summed E-state index contributed by atoms with van der Waals surface area (Å²) in [6.07, 6.45) is 0. The van der Waals surface area contributed by atoms with Crippen LogP contribution in [-0.2, 0) is 4.79 Å². The van der Waals surface area contributed by atoms with Crippen LogP contribution in [0.25, 0.3) is 0 Å². The number of phenolic OH excluding ortho intramolecular Hbond substituents is 1. The molecule has 0 aliphatic carbocycles. The van der Waals surface area contributed by atoms with Gasteiger partial charge in [-0.1, -0.05) is 0 Å². The molecule has 1 aromatic carbocycles. The highest BCUT2D eigenvalue weighted by molar-refractivity contribution is 5.94. The summed E-state index contributed by atoms with van der Waals surface area (Å²) in [7, 11) is 0. The largest absolute Gasteiger partial charge is 0.508 e. The van der Waals surface area contributed by atoms with Gasteiger partial charge >= 0.3 is 0 Å². The fourth-order valence-corrected chi connectivity index (χ4v) is 2.12. The van der Waals surface area contributed by atoms with Crippen LogP contribution in [0.4, 0.5) is 0 Å². The highest BCUT2D eigenvalue weighted by Crippen LogP contribution is 2.13. The molecular weight excluding hydrogens is 246 g/mol. The number of piperazine rings is 1. The van der Waals surface area contributed by atoms with E-state index in [4.69, 9.17) is 5.73 Å². The van der Waals surface area contributed by atoms with E-state index in [0.717, 1.165) is 0 Å². The van der Waals surface area contributed by atoms with E-state index < -0.39 is 0 Å². The van der Waals surface area contributed by atoms with Crippen molar-refractivity contribution in [1.82, 2.24) is 9.80 Å². The van der Waals surface area contributed by atoms with E-state index in [-0.39, 0.29) is 24.1 Å². The predicted molar refractivity (Wildman–Crippen MR) is 69.6 cm³/mol. The molecule has 102 valence electrons. The number of amides is 2. The Balaban J connectivity index is 1.92. The van der Waals surface area contributed by atoms with Crippen molar-refractivity contribution < 1.29 is 14.7 Å². The maximum atomic E-state index is 12.2. The number of carbonyl (C=O) groups is 2. The summed E-state index contributed by atoms with van der Waals surface area (Å²) in [5.74, 6) is -0.264. The van der Waals surface area contributed by atoms with Crippen LogP contribution in [0, 0.1) is 0 Å². The number of nitrogens with zero attached hydrogens (tertiary/aromatic N) is 2. The molecule has 1 heterocycles. The zero-order valence-corrected chi connectivity index (χ0v) is 10.6. The molecular formula is C13H17N3O3. The Labute approximate surface area is 111 Å². The molecule has 0 unspecified atom stereocenters. The molecule has 3 N–H and O–H groups in total. The molecule has 6 nitrogen and oxygen atoms in total. The third-order valence-corrected chi connectivity index (χ3v) is 3.15. The molecule has 6 heteroatoms. The number of benzene rings is 1. The monoisotopic (exact) mass is 263 g/mol. The summed E-state index contributed by atoms with van der Waals surface area (Å²) in [5.41, 5.74) is 5.69. The van der Waals surface area contributed by atoms with Crippen LogP contribution in [0.1, 0.15) is 10.4 Å². The Morgan fingerprint density at radius 1 is 1.11 bits per heavy atom. The van der Waals surface area contributed by atoms with E-state index in [9.17, 15) is 14.7 Å². The van der Waals surface area contributed by atoms with Crippen LogP contribution in [0.3, 0.4) is 0 Å². The van der Waals surface area contributed by atoms with Gasteiger partial charge in [0.2, 0.25) is 5.91 Å². The van der Waals surface area contributed by atoms with E-state index in [1.165, 1.54) is 12.1 Å². The summed E-state index contributed by atoms with van der Waals surface area (Å²) >= 11 is 0. The maximum absolute atomic E-state index is 12.2. The fraction of sp³-hybridized carbons (Fsp3) is 0.385. The molecule has 0 atom stereocenters. The third-order valence-electron chi connectivity index (χ3n) is 3.15. The van der Waals surface area contributed by atoms with Gasteiger partial charge in [0.05, 0.1) is 6.54 Å². The fourth-order valence-electron chi connectivity index (χ4n) is 2.12. The van der Waals surface area contributed by atoms with E-state index in [1.54, 1.807) is 17.0 Å². The van der Waals surface area contributed by atoms with E-state index >= 15 is 0 Å². The van der Waals surface area contributed by atoms with Crippen LogP contribution in [0.5, 0.6) is 5.75 Å². The average Bonchev–Trinajstić information content (AvgIpc) is 2.39. The minimum atomic E-state index is -0.349. The van der Waals surface area contributed by atoms with Gasteiger partial charge in [-0.15, -0.1) is 0 Å². The van der Waals surface area contributed by atoms with Crippen LogP contribution >= 0.6 is 0 Å². The van der Waals surface area contributed by atoms with Crippen molar-refractivity contribution in [3.63, 3.8) is 0 Å². The molecule has 0 saturated carbocycles. The molecule has 2 amide bonds.